The molecular weight excluding hydrogens is 191 g/mol. The van der Waals surface area contributed by atoms with E-state index in [1.165, 1.54) is 18.2 Å². The first kappa shape index (κ1) is 11.8. The second-order valence-electron chi connectivity index (χ2n) is 1.97. The molecule has 2 N–H and O–H groups in total. The summed E-state index contributed by atoms with van der Waals surface area (Å²) in [6.45, 7) is 0. The molecule has 0 aliphatic rings. The first-order valence-electron chi connectivity index (χ1n) is 2.83. The number of phenols is 1. The molecule has 1 rings (SSSR count). The van der Waals surface area contributed by atoms with Crippen molar-refractivity contribution in [2.24, 2.45) is 0 Å². The van der Waals surface area contributed by atoms with Crippen LogP contribution in [0.5, 0.6) is 5.75 Å². The van der Waals surface area contributed by atoms with Gasteiger partial charge in [-0.2, -0.15) is 0 Å². The molecule has 0 aliphatic carbocycles. The summed E-state index contributed by atoms with van der Waals surface area (Å²) in [6.07, 6.45) is 0. The van der Waals surface area contributed by atoms with Crippen LogP contribution in [0.2, 0.25) is 5.02 Å². The van der Waals surface area contributed by atoms with Crippen LogP contribution in [0.25, 0.3) is 0 Å². The molecule has 3 nitrogen and oxygen atoms in total. The summed E-state index contributed by atoms with van der Waals surface area (Å²) in [5, 5.41) is 17.7. The molecule has 0 unspecified atom stereocenters. The van der Waals surface area contributed by atoms with E-state index in [0.29, 0.717) is 5.02 Å². The summed E-state index contributed by atoms with van der Waals surface area (Å²) in [5.41, 5.74) is -0.183. The number of benzene rings is 1. The van der Waals surface area contributed by atoms with Gasteiger partial charge in [0.15, 0.2) is 0 Å². The van der Waals surface area contributed by atoms with Crippen LogP contribution in [0, 0.1) is 0 Å². The van der Waals surface area contributed by atoms with E-state index in [0.717, 1.165) is 0 Å². The molecule has 5 heteroatoms. The number of aromatic hydroxyl groups is 1. The van der Waals surface area contributed by atoms with Gasteiger partial charge in [0.1, 0.15) is 11.3 Å². The molecule has 0 spiro atoms. The standard InChI is InChI=1S/C7H5ClO3.Na.H/c8-4-1-2-6(9)5(3-4)7(10)11;;/h1-3,9H,(H,10,11);;/q;+1;-1. The van der Waals surface area contributed by atoms with E-state index in [4.69, 9.17) is 21.8 Å². The molecule has 12 heavy (non-hydrogen) atoms. The monoisotopic (exact) mass is 196 g/mol. The van der Waals surface area contributed by atoms with Gasteiger partial charge in [0.25, 0.3) is 0 Å². The Morgan fingerprint density at radius 3 is 2.50 bits per heavy atom. The average Bonchev–Trinajstić information content (AvgIpc) is 1.94. The van der Waals surface area contributed by atoms with E-state index in [-0.39, 0.29) is 42.3 Å². The van der Waals surface area contributed by atoms with E-state index >= 15 is 0 Å². The maximum atomic E-state index is 10.4. The van der Waals surface area contributed by atoms with Crippen molar-refractivity contribution in [2.45, 2.75) is 0 Å². The largest absolute Gasteiger partial charge is 1.00 e. The minimum atomic E-state index is -1.19. The summed E-state index contributed by atoms with van der Waals surface area (Å²) in [5.74, 6) is -1.47. The van der Waals surface area contributed by atoms with Gasteiger partial charge >= 0.3 is 35.5 Å². The predicted octanol–water partition coefficient (Wildman–Crippen LogP) is -1.14. The molecule has 1 aromatic rings. The second-order valence-corrected chi connectivity index (χ2v) is 2.40. The van der Waals surface area contributed by atoms with Gasteiger partial charge in [-0.25, -0.2) is 4.79 Å². The summed E-state index contributed by atoms with van der Waals surface area (Å²) in [6, 6.07) is 3.86. The number of rotatable bonds is 1. The van der Waals surface area contributed by atoms with E-state index in [2.05, 4.69) is 0 Å². The van der Waals surface area contributed by atoms with E-state index in [1.54, 1.807) is 0 Å². The third-order valence-corrected chi connectivity index (χ3v) is 1.42. The van der Waals surface area contributed by atoms with Gasteiger partial charge in [-0.05, 0) is 18.2 Å². The smallest absolute Gasteiger partial charge is 1.00 e. The predicted molar refractivity (Wildman–Crippen MR) is 41.2 cm³/mol. The fourth-order valence-corrected chi connectivity index (χ4v) is 0.852. The van der Waals surface area contributed by atoms with Crippen molar-refractivity contribution in [3.8, 4) is 5.75 Å². The van der Waals surface area contributed by atoms with Gasteiger partial charge in [0.05, 0.1) is 0 Å². The first-order chi connectivity index (χ1) is 5.11. The van der Waals surface area contributed by atoms with Gasteiger partial charge in [-0.1, -0.05) is 11.6 Å². The molecule has 0 saturated carbocycles. The molecule has 0 aliphatic heterocycles. The Morgan fingerprint density at radius 1 is 1.50 bits per heavy atom. The zero-order chi connectivity index (χ0) is 8.43. The third-order valence-electron chi connectivity index (χ3n) is 1.19. The van der Waals surface area contributed by atoms with E-state index in [1.807, 2.05) is 0 Å². The molecular formula is C7H6ClNaO3. The number of aromatic carboxylic acids is 1. The molecule has 0 radical (unpaired) electrons. The molecule has 0 aromatic heterocycles. The summed E-state index contributed by atoms with van der Waals surface area (Å²) in [4.78, 5) is 10.4. The summed E-state index contributed by atoms with van der Waals surface area (Å²) >= 11 is 5.49. The van der Waals surface area contributed by atoms with Gasteiger partial charge in [0, 0.05) is 5.02 Å². The molecule has 0 atom stereocenters. The normalized spacial score (nSPS) is 8.75. The molecule has 0 heterocycles. The quantitative estimate of drug-likeness (QED) is 0.559. The number of hydrogen-bond donors (Lipinski definition) is 2. The van der Waals surface area contributed by atoms with Crippen LogP contribution in [0.3, 0.4) is 0 Å². The maximum absolute atomic E-state index is 10.4. The fourth-order valence-electron chi connectivity index (χ4n) is 0.680. The number of hydrogen-bond acceptors (Lipinski definition) is 2. The van der Waals surface area contributed by atoms with Crippen LogP contribution < -0.4 is 29.6 Å². The summed E-state index contributed by atoms with van der Waals surface area (Å²) in [7, 11) is 0. The van der Waals surface area contributed by atoms with Crippen LogP contribution in [0.15, 0.2) is 18.2 Å². The molecule has 1 aromatic carbocycles. The molecule has 0 bridgehead atoms. The Bertz CT molecular complexity index is 306. The van der Waals surface area contributed by atoms with Crippen molar-refractivity contribution in [1.29, 1.82) is 0 Å². The van der Waals surface area contributed by atoms with Crippen LogP contribution >= 0.6 is 11.6 Å². The topological polar surface area (TPSA) is 57.5 Å². The maximum Gasteiger partial charge on any atom is 1.00 e. The van der Waals surface area contributed by atoms with Gasteiger partial charge < -0.3 is 11.6 Å². The Hall–Kier alpha value is -0.220. The van der Waals surface area contributed by atoms with Crippen LogP contribution in [0.4, 0.5) is 0 Å². The van der Waals surface area contributed by atoms with Gasteiger partial charge in [-0.3, -0.25) is 0 Å². The Labute approximate surface area is 97.7 Å². The fraction of sp³-hybridized carbons (Fsp3) is 0. The Morgan fingerprint density at radius 2 is 2.08 bits per heavy atom. The van der Waals surface area contributed by atoms with Crippen LogP contribution in [0.1, 0.15) is 11.8 Å². The average molecular weight is 197 g/mol. The zero-order valence-electron chi connectivity index (χ0n) is 7.41. The second kappa shape index (κ2) is 4.72. The van der Waals surface area contributed by atoms with Gasteiger partial charge in [-0.15, -0.1) is 0 Å². The first-order valence-corrected chi connectivity index (χ1v) is 3.21. The minimum absolute atomic E-state index is 0. The molecule has 0 saturated heterocycles. The van der Waals surface area contributed by atoms with Crippen molar-refractivity contribution in [2.75, 3.05) is 0 Å². The van der Waals surface area contributed by atoms with Crippen molar-refractivity contribution < 1.29 is 46.0 Å². The number of carboxylic acid groups (broad SMARTS) is 1. The third kappa shape index (κ3) is 2.68. The SMILES string of the molecule is O=C(O)c1cc(Cl)ccc1O.[H-].[Na+]. The van der Waals surface area contributed by atoms with Crippen molar-refractivity contribution >= 4 is 17.6 Å². The Balaban J connectivity index is 0. The van der Waals surface area contributed by atoms with Crippen LogP contribution in [-0.2, 0) is 0 Å². The molecule has 0 fully saturated rings. The van der Waals surface area contributed by atoms with E-state index in [9.17, 15) is 4.79 Å². The van der Waals surface area contributed by atoms with Crippen LogP contribution in [-0.4, -0.2) is 16.2 Å². The zero-order valence-corrected chi connectivity index (χ0v) is 9.17. The van der Waals surface area contributed by atoms with Crippen molar-refractivity contribution in [3.05, 3.63) is 28.8 Å². The van der Waals surface area contributed by atoms with E-state index < -0.39 is 5.97 Å². The summed E-state index contributed by atoms with van der Waals surface area (Å²) < 4.78 is 0. The molecule has 60 valence electrons. The van der Waals surface area contributed by atoms with Gasteiger partial charge in [0.2, 0.25) is 0 Å². The Kier molecular flexibility index (Phi) is 4.63. The van der Waals surface area contributed by atoms with Crippen molar-refractivity contribution in [1.82, 2.24) is 0 Å². The minimum Gasteiger partial charge on any atom is -1.00 e. The number of carboxylic acids is 1. The molecule has 0 amide bonds. The van der Waals surface area contributed by atoms with Crippen molar-refractivity contribution in [3.63, 3.8) is 0 Å². The number of halogens is 1. The number of carbonyl (C=O) groups is 1.